The number of rotatable bonds is 10. The summed E-state index contributed by atoms with van der Waals surface area (Å²) >= 11 is 0. The molecule has 16 heavy (non-hydrogen) atoms. The Hall–Kier alpha value is -0.300. The monoisotopic (exact) mass is 225 g/mol. The van der Waals surface area contributed by atoms with Gasteiger partial charge in [-0.3, -0.25) is 0 Å². The Morgan fingerprint density at radius 1 is 1.12 bits per heavy atom. The largest absolute Gasteiger partial charge is 0.311 e. The lowest BCUT2D eigenvalue weighted by Crippen LogP contribution is -2.24. The molecule has 0 spiro atoms. The predicted molar refractivity (Wildman–Crippen MR) is 74.8 cm³/mol. The van der Waals surface area contributed by atoms with Crippen LogP contribution in [0.4, 0.5) is 0 Å². The van der Waals surface area contributed by atoms with Crippen molar-refractivity contribution < 1.29 is 0 Å². The van der Waals surface area contributed by atoms with E-state index in [1.807, 2.05) is 0 Å². The molecule has 1 atom stereocenters. The van der Waals surface area contributed by atoms with E-state index in [0.29, 0.717) is 6.04 Å². The third-order valence-corrected chi connectivity index (χ3v) is 3.05. The smallest absolute Gasteiger partial charge is 0.0164 e. The molecule has 0 saturated carbocycles. The van der Waals surface area contributed by atoms with E-state index in [1.54, 1.807) is 0 Å². The summed E-state index contributed by atoms with van der Waals surface area (Å²) in [5.74, 6) is 0.863. The maximum atomic E-state index is 4.13. The Kier molecular flexibility index (Phi) is 9.71. The molecule has 0 aliphatic carbocycles. The topological polar surface area (TPSA) is 12.0 Å². The molecule has 1 nitrogen and oxygen atoms in total. The number of unbranched alkanes of at least 4 members (excludes halogenated alkanes) is 2. The van der Waals surface area contributed by atoms with E-state index < -0.39 is 0 Å². The summed E-state index contributed by atoms with van der Waals surface area (Å²) in [5, 5.41) is 3.42. The second-order valence-corrected chi connectivity index (χ2v) is 5.43. The Morgan fingerprint density at radius 2 is 1.81 bits per heavy atom. The third-order valence-electron chi connectivity index (χ3n) is 3.05. The van der Waals surface area contributed by atoms with Crippen LogP contribution in [0.2, 0.25) is 0 Å². The summed E-state index contributed by atoms with van der Waals surface area (Å²) in [6.07, 6.45) is 8.00. The molecule has 1 heteroatoms. The SMILES string of the molecule is C=C(CCC(C)CCCCC)CNC(C)C. The quantitative estimate of drug-likeness (QED) is 0.425. The first-order valence-corrected chi connectivity index (χ1v) is 6.96. The first-order valence-electron chi connectivity index (χ1n) is 6.96. The van der Waals surface area contributed by atoms with Gasteiger partial charge in [0.05, 0.1) is 0 Å². The average Bonchev–Trinajstić information content (AvgIpc) is 2.24. The summed E-state index contributed by atoms with van der Waals surface area (Å²) < 4.78 is 0. The van der Waals surface area contributed by atoms with Crippen molar-refractivity contribution in [1.82, 2.24) is 5.32 Å². The van der Waals surface area contributed by atoms with Crippen molar-refractivity contribution in [2.75, 3.05) is 6.54 Å². The highest BCUT2D eigenvalue weighted by Crippen LogP contribution is 2.17. The van der Waals surface area contributed by atoms with Crippen molar-refractivity contribution in [2.45, 2.75) is 72.3 Å². The molecule has 0 aliphatic heterocycles. The van der Waals surface area contributed by atoms with E-state index in [4.69, 9.17) is 0 Å². The normalized spacial score (nSPS) is 13.1. The van der Waals surface area contributed by atoms with E-state index in [1.165, 1.54) is 44.1 Å². The van der Waals surface area contributed by atoms with Crippen molar-refractivity contribution in [3.05, 3.63) is 12.2 Å². The molecule has 0 aromatic heterocycles. The minimum Gasteiger partial charge on any atom is -0.311 e. The van der Waals surface area contributed by atoms with E-state index in [0.717, 1.165) is 12.5 Å². The van der Waals surface area contributed by atoms with Gasteiger partial charge in [-0.05, 0) is 18.8 Å². The Balaban J connectivity index is 3.43. The molecule has 0 heterocycles. The first kappa shape index (κ1) is 15.7. The molecule has 0 aromatic carbocycles. The van der Waals surface area contributed by atoms with E-state index in [9.17, 15) is 0 Å². The van der Waals surface area contributed by atoms with Gasteiger partial charge < -0.3 is 5.32 Å². The van der Waals surface area contributed by atoms with Gasteiger partial charge in [0, 0.05) is 12.6 Å². The van der Waals surface area contributed by atoms with Crippen LogP contribution < -0.4 is 5.32 Å². The molecule has 96 valence electrons. The number of hydrogen-bond donors (Lipinski definition) is 1. The van der Waals surface area contributed by atoms with Gasteiger partial charge in [0.2, 0.25) is 0 Å². The van der Waals surface area contributed by atoms with Gasteiger partial charge in [-0.1, -0.05) is 65.5 Å². The summed E-state index contributed by atoms with van der Waals surface area (Å²) in [4.78, 5) is 0. The van der Waals surface area contributed by atoms with Crippen LogP contribution in [-0.4, -0.2) is 12.6 Å². The number of nitrogens with one attached hydrogen (secondary N) is 1. The maximum Gasteiger partial charge on any atom is 0.0164 e. The fourth-order valence-corrected chi connectivity index (χ4v) is 1.77. The van der Waals surface area contributed by atoms with Gasteiger partial charge in [0.15, 0.2) is 0 Å². The highest BCUT2D eigenvalue weighted by Gasteiger charge is 2.03. The van der Waals surface area contributed by atoms with Crippen LogP contribution in [0.3, 0.4) is 0 Å². The zero-order valence-corrected chi connectivity index (χ0v) is 11.8. The third kappa shape index (κ3) is 10.2. The minimum atomic E-state index is 0.568. The highest BCUT2D eigenvalue weighted by atomic mass is 14.9. The van der Waals surface area contributed by atoms with Crippen LogP contribution in [0.5, 0.6) is 0 Å². The lowest BCUT2D eigenvalue weighted by Gasteiger charge is -2.14. The predicted octanol–water partition coefficient (Wildman–Crippen LogP) is 4.54. The summed E-state index contributed by atoms with van der Waals surface area (Å²) in [6, 6.07) is 0.568. The minimum absolute atomic E-state index is 0.568. The fourth-order valence-electron chi connectivity index (χ4n) is 1.77. The van der Waals surface area contributed by atoms with Crippen LogP contribution in [0.25, 0.3) is 0 Å². The molecule has 0 aliphatic rings. The molecule has 1 N–H and O–H groups in total. The Bertz CT molecular complexity index is 172. The average molecular weight is 225 g/mol. The Labute approximate surface area is 103 Å². The molecule has 0 amide bonds. The van der Waals surface area contributed by atoms with Crippen molar-refractivity contribution in [2.24, 2.45) is 5.92 Å². The molecule has 1 unspecified atom stereocenters. The number of hydrogen-bond acceptors (Lipinski definition) is 1. The summed E-state index contributed by atoms with van der Waals surface area (Å²) in [5.41, 5.74) is 1.36. The van der Waals surface area contributed by atoms with Gasteiger partial charge >= 0.3 is 0 Å². The Morgan fingerprint density at radius 3 is 2.38 bits per heavy atom. The van der Waals surface area contributed by atoms with Crippen LogP contribution in [0.1, 0.15) is 66.2 Å². The van der Waals surface area contributed by atoms with Gasteiger partial charge in [-0.15, -0.1) is 0 Å². The molecule has 0 radical (unpaired) electrons. The molecule has 0 fully saturated rings. The van der Waals surface area contributed by atoms with Crippen molar-refractivity contribution in [1.29, 1.82) is 0 Å². The zero-order chi connectivity index (χ0) is 12.4. The zero-order valence-electron chi connectivity index (χ0n) is 11.8. The van der Waals surface area contributed by atoms with Gasteiger partial charge in [-0.2, -0.15) is 0 Å². The lowest BCUT2D eigenvalue weighted by atomic mass is 9.96. The second kappa shape index (κ2) is 9.89. The van der Waals surface area contributed by atoms with E-state index >= 15 is 0 Å². The van der Waals surface area contributed by atoms with Crippen molar-refractivity contribution >= 4 is 0 Å². The van der Waals surface area contributed by atoms with E-state index in [-0.39, 0.29) is 0 Å². The van der Waals surface area contributed by atoms with Gasteiger partial charge in [0.25, 0.3) is 0 Å². The second-order valence-electron chi connectivity index (χ2n) is 5.43. The maximum absolute atomic E-state index is 4.13. The molecular weight excluding hydrogens is 194 g/mol. The van der Waals surface area contributed by atoms with Crippen LogP contribution >= 0.6 is 0 Å². The molecular formula is C15H31N. The highest BCUT2D eigenvalue weighted by molar-refractivity contribution is 4.96. The summed E-state index contributed by atoms with van der Waals surface area (Å²) in [6.45, 7) is 14.1. The molecule has 0 aromatic rings. The summed E-state index contributed by atoms with van der Waals surface area (Å²) in [7, 11) is 0. The van der Waals surface area contributed by atoms with Crippen LogP contribution in [-0.2, 0) is 0 Å². The van der Waals surface area contributed by atoms with E-state index in [2.05, 4.69) is 39.6 Å². The lowest BCUT2D eigenvalue weighted by molar-refractivity contribution is 0.460. The van der Waals surface area contributed by atoms with Crippen LogP contribution in [0.15, 0.2) is 12.2 Å². The van der Waals surface area contributed by atoms with Crippen molar-refractivity contribution in [3.8, 4) is 0 Å². The molecule has 0 rings (SSSR count). The first-order chi connectivity index (χ1) is 7.56. The molecule has 0 bridgehead atoms. The molecule has 0 saturated heterocycles. The van der Waals surface area contributed by atoms with Crippen LogP contribution in [0, 0.1) is 5.92 Å². The standard InChI is InChI=1S/C15H31N/c1-6-7-8-9-14(4)10-11-15(5)12-16-13(2)3/h13-14,16H,5-12H2,1-4H3. The van der Waals surface area contributed by atoms with Crippen molar-refractivity contribution in [3.63, 3.8) is 0 Å². The van der Waals surface area contributed by atoms with Gasteiger partial charge in [0.1, 0.15) is 0 Å². The van der Waals surface area contributed by atoms with Gasteiger partial charge in [-0.25, -0.2) is 0 Å². The fraction of sp³-hybridized carbons (Fsp3) is 0.867.